The molecule has 0 saturated carbocycles. The second-order valence-corrected chi connectivity index (χ2v) is 7.35. The standard InChI is InChI=1S/C22H22N2O3/c1-14-8-7-9-15(2)23(14)22(27)18-12-5-6-13-19(18)24-20(25)16-10-3-4-11-17(16)21(24)26/h3-6,10-15H,7-9H2,1-2H3. The molecular formula is C22H22N2O3. The second kappa shape index (κ2) is 6.65. The number of rotatable bonds is 2. The number of hydrogen-bond donors (Lipinski definition) is 0. The van der Waals surface area contributed by atoms with Crippen LogP contribution in [0.2, 0.25) is 0 Å². The molecule has 0 aromatic heterocycles. The van der Waals surface area contributed by atoms with Gasteiger partial charge in [-0.25, -0.2) is 4.90 Å². The summed E-state index contributed by atoms with van der Waals surface area (Å²) in [5.41, 5.74) is 1.51. The smallest absolute Gasteiger partial charge is 0.266 e. The monoisotopic (exact) mass is 362 g/mol. The van der Waals surface area contributed by atoms with Crippen LogP contribution in [0, 0.1) is 0 Å². The molecule has 1 saturated heterocycles. The Morgan fingerprint density at radius 3 is 1.96 bits per heavy atom. The molecule has 2 aliphatic heterocycles. The number of anilines is 1. The third-order valence-electron chi connectivity index (χ3n) is 5.60. The van der Waals surface area contributed by atoms with E-state index in [1.807, 2.05) is 4.90 Å². The number of piperidine rings is 1. The fourth-order valence-corrected chi connectivity index (χ4v) is 4.22. The van der Waals surface area contributed by atoms with Crippen LogP contribution in [0.4, 0.5) is 5.69 Å². The van der Waals surface area contributed by atoms with E-state index in [0.717, 1.165) is 24.2 Å². The van der Waals surface area contributed by atoms with Crippen molar-refractivity contribution in [3.05, 3.63) is 65.2 Å². The number of amides is 3. The molecule has 2 unspecified atom stereocenters. The second-order valence-electron chi connectivity index (χ2n) is 7.35. The lowest BCUT2D eigenvalue weighted by Gasteiger charge is -2.39. The fourth-order valence-electron chi connectivity index (χ4n) is 4.22. The van der Waals surface area contributed by atoms with Gasteiger partial charge in [-0.15, -0.1) is 0 Å². The molecular weight excluding hydrogens is 340 g/mol. The van der Waals surface area contributed by atoms with Gasteiger partial charge >= 0.3 is 0 Å². The molecule has 1 fully saturated rings. The highest BCUT2D eigenvalue weighted by atomic mass is 16.2. The minimum atomic E-state index is -0.379. The van der Waals surface area contributed by atoms with E-state index in [9.17, 15) is 14.4 Å². The van der Waals surface area contributed by atoms with Crippen LogP contribution >= 0.6 is 0 Å². The summed E-state index contributed by atoms with van der Waals surface area (Å²) in [5, 5.41) is 0. The zero-order chi connectivity index (χ0) is 19.1. The number of fused-ring (bicyclic) bond motifs is 1. The number of nitrogens with zero attached hydrogens (tertiary/aromatic N) is 2. The normalized spacial score (nSPS) is 22.1. The molecule has 5 heteroatoms. The number of likely N-dealkylation sites (tertiary alicyclic amines) is 1. The Hall–Kier alpha value is -2.95. The molecule has 138 valence electrons. The lowest BCUT2D eigenvalue weighted by Crippen LogP contribution is -2.48. The molecule has 27 heavy (non-hydrogen) atoms. The van der Waals surface area contributed by atoms with Crippen LogP contribution in [-0.4, -0.2) is 34.7 Å². The number of carbonyl (C=O) groups excluding carboxylic acids is 3. The van der Waals surface area contributed by atoms with Crippen molar-refractivity contribution in [1.29, 1.82) is 0 Å². The number of hydrogen-bond acceptors (Lipinski definition) is 3. The van der Waals surface area contributed by atoms with Gasteiger partial charge in [0.05, 0.1) is 22.4 Å². The van der Waals surface area contributed by atoms with E-state index in [2.05, 4.69) is 13.8 Å². The molecule has 3 amide bonds. The Labute approximate surface area is 158 Å². The van der Waals surface area contributed by atoms with Crippen LogP contribution in [-0.2, 0) is 0 Å². The van der Waals surface area contributed by atoms with Gasteiger partial charge in [-0.05, 0) is 57.4 Å². The molecule has 2 heterocycles. The van der Waals surface area contributed by atoms with Crippen molar-refractivity contribution in [1.82, 2.24) is 4.90 Å². The van der Waals surface area contributed by atoms with E-state index in [0.29, 0.717) is 22.4 Å². The van der Waals surface area contributed by atoms with Crippen molar-refractivity contribution in [3.8, 4) is 0 Å². The van der Waals surface area contributed by atoms with Crippen LogP contribution < -0.4 is 4.90 Å². The SMILES string of the molecule is CC1CCCC(C)N1C(=O)c1ccccc1N1C(=O)c2ccccc2C1=O. The van der Waals surface area contributed by atoms with Gasteiger partial charge in [0.25, 0.3) is 17.7 Å². The van der Waals surface area contributed by atoms with Crippen molar-refractivity contribution < 1.29 is 14.4 Å². The molecule has 2 aliphatic rings. The van der Waals surface area contributed by atoms with Crippen LogP contribution in [0.15, 0.2) is 48.5 Å². The highest BCUT2D eigenvalue weighted by Crippen LogP contribution is 2.33. The lowest BCUT2D eigenvalue weighted by molar-refractivity contribution is 0.0511. The summed E-state index contributed by atoms with van der Waals surface area (Å²) in [4.78, 5) is 42.1. The van der Waals surface area contributed by atoms with Gasteiger partial charge < -0.3 is 4.90 Å². The molecule has 0 radical (unpaired) electrons. The summed E-state index contributed by atoms with van der Waals surface area (Å²) in [6, 6.07) is 13.9. The van der Waals surface area contributed by atoms with Gasteiger partial charge in [-0.1, -0.05) is 24.3 Å². The molecule has 2 aromatic rings. The molecule has 5 nitrogen and oxygen atoms in total. The first-order valence-electron chi connectivity index (χ1n) is 9.40. The van der Waals surface area contributed by atoms with E-state index in [-0.39, 0.29) is 29.8 Å². The summed E-state index contributed by atoms with van der Waals surface area (Å²) < 4.78 is 0. The molecule has 4 rings (SSSR count). The highest BCUT2D eigenvalue weighted by molar-refractivity contribution is 6.35. The quantitative estimate of drug-likeness (QED) is 0.762. The Bertz CT molecular complexity index is 892. The first kappa shape index (κ1) is 17.5. The van der Waals surface area contributed by atoms with E-state index in [1.165, 1.54) is 0 Å². The maximum Gasteiger partial charge on any atom is 0.266 e. The van der Waals surface area contributed by atoms with Crippen LogP contribution in [0.3, 0.4) is 0 Å². The first-order valence-corrected chi connectivity index (χ1v) is 9.40. The number of para-hydroxylation sites is 1. The van der Waals surface area contributed by atoms with Gasteiger partial charge in [0.15, 0.2) is 0 Å². The average Bonchev–Trinajstić information content (AvgIpc) is 2.92. The summed E-state index contributed by atoms with van der Waals surface area (Å²) in [6.45, 7) is 4.11. The fraction of sp³-hybridized carbons (Fsp3) is 0.318. The highest BCUT2D eigenvalue weighted by Gasteiger charge is 2.39. The zero-order valence-corrected chi connectivity index (χ0v) is 15.5. The lowest BCUT2D eigenvalue weighted by atomic mass is 9.96. The molecule has 0 spiro atoms. The molecule has 0 aliphatic carbocycles. The van der Waals surface area contributed by atoms with Crippen molar-refractivity contribution >= 4 is 23.4 Å². The van der Waals surface area contributed by atoms with E-state index < -0.39 is 0 Å². The van der Waals surface area contributed by atoms with Crippen molar-refractivity contribution in [2.24, 2.45) is 0 Å². The zero-order valence-electron chi connectivity index (χ0n) is 15.5. The maximum atomic E-state index is 13.4. The molecule has 2 atom stereocenters. The molecule has 0 bridgehead atoms. The van der Waals surface area contributed by atoms with Gasteiger partial charge in [-0.3, -0.25) is 14.4 Å². The van der Waals surface area contributed by atoms with Crippen molar-refractivity contribution in [2.75, 3.05) is 4.90 Å². The number of carbonyl (C=O) groups is 3. The van der Waals surface area contributed by atoms with Gasteiger partial charge in [0.1, 0.15) is 0 Å². The van der Waals surface area contributed by atoms with E-state index >= 15 is 0 Å². The summed E-state index contributed by atoms with van der Waals surface area (Å²) in [5.74, 6) is -0.881. The topological polar surface area (TPSA) is 57.7 Å². The Kier molecular flexibility index (Phi) is 4.30. The van der Waals surface area contributed by atoms with Crippen molar-refractivity contribution in [3.63, 3.8) is 0 Å². The Morgan fingerprint density at radius 1 is 0.852 bits per heavy atom. The summed E-state index contributed by atoms with van der Waals surface area (Å²) in [7, 11) is 0. The van der Waals surface area contributed by atoms with Gasteiger partial charge in [-0.2, -0.15) is 0 Å². The van der Waals surface area contributed by atoms with Crippen molar-refractivity contribution in [2.45, 2.75) is 45.2 Å². The largest absolute Gasteiger partial charge is 0.333 e. The Balaban J connectivity index is 1.76. The predicted octanol–water partition coefficient (Wildman–Crippen LogP) is 3.89. The third kappa shape index (κ3) is 2.74. The average molecular weight is 362 g/mol. The summed E-state index contributed by atoms with van der Waals surface area (Å²) in [6.07, 6.45) is 3.03. The molecule has 0 N–H and O–H groups in total. The summed E-state index contributed by atoms with van der Waals surface area (Å²) >= 11 is 0. The third-order valence-corrected chi connectivity index (χ3v) is 5.60. The number of imide groups is 1. The maximum absolute atomic E-state index is 13.4. The van der Waals surface area contributed by atoms with Crippen LogP contribution in [0.1, 0.15) is 64.2 Å². The number of benzene rings is 2. The van der Waals surface area contributed by atoms with Gasteiger partial charge in [0, 0.05) is 12.1 Å². The Morgan fingerprint density at radius 2 is 1.37 bits per heavy atom. The molecule has 2 aromatic carbocycles. The van der Waals surface area contributed by atoms with Gasteiger partial charge in [0.2, 0.25) is 0 Å². The minimum absolute atomic E-state index is 0.123. The van der Waals surface area contributed by atoms with E-state index in [4.69, 9.17) is 0 Å². The van der Waals surface area contributed by atoms with E-state index in [1.54, 1.807) is 48.5 Å². The first-order chi connectivity index (χ1) is 13.0. The van der Waals surface area contributed by atoms with Crippen LogP contribution in [0.5, 0.6) is 0 Å². The predicted molar refractivity (Wildman–Crippen MR) is 103 cm³/mol. The minimum Gasteiger partial charge on any atom is -0.333 e. The van der Waals surface area contributed by atoms with Crippen LogP contribution in [0.25, 0.3) is 0 Å².